The highest BCUT2D eigenvalue weighted by Crippen LogP contribution is 2.42. The molecule has 0 spiro atoms. The van der Waals surface area contributed by atoms with Gasteiger partial charge in [0.15, 0.2) is 7.37 Å². The normalized spacial score (nSPS) is 17.4. The molecule has 0 bridgehead atoms. The lowest BCUT2D eigenvalue weighted by molar-refractivity contribution is 0.398. The molecule has 0 amide bonds. The Labute approximate surface area is 75.1 Å². The fraction of sp³-hybridized carbons (Fsp3) is 1.00. The van der Waals surface area contributed by atoms with Crippen LogP contribution in [0.25, 0.3) is 0 Å². The van der Waals surface area contributed by atoms with E-state index in [9.17, 15) is 8.67 Å². The molecule has 0 aliphatic rings. The van der Waals surface area contributed by atoms with Crippen LogP contribution in [0.5, 0.6) is 0 Å². The van der Waals surface area contributed by atoms with Gasteiger partial charge in [0, 0.05) is 19.9 Å². The third kappa shape index (κ3) is 7.01. The van der Waals surface area contributed by atoms with Crippen LogP contribution in [-0.4, -0.2) is 28.3 Å². The standard InChI is InChI=1S/C7H18FO2PSi/c1-10-11(2,9)6-5-7-12(3,4)8/h5-7H2,1-4H3. The van der Waals surface area contributed by atoms with Crippen molar-refractivity contribution in [1.29, 1.82) is 0 Å². The second-order valence-corrected chi connectivity index (χ2v) is 10.5. The van der Waals surface area contributed by atoms with E-state index in [1.165, 1.54) is 7.11 Å². The maximum atomic E-state index is 13.1. The summed E-state index contributed by atoms with van der Waals surface area (Å²) in [5.74, 6) is 0. The van der Waals surface area contributed by atoms with Gasteiger partial charge in [0.1, 0.15) is 0 Å². The number of hydrogen-bond acceptors (Lipinski definition) is 2. The van der Waals surface area contributed by atoms with E-state index in [1.54, 1.807) is 19.8 Å². The van der Waals surface area contributed by atoms with Gasteiger partial charge in [-0.1, -0.05) is 0 Å². The number of halogens is 1. The quantitative estimate of drug-likeness (QED) is 0.397. The van der Waals surface area contributed by atoms with Gasteiger partial charge in [-0.25, -0.2) is 0 Å². The van der Waals surface area contributed by atoms with Gasteiger partial charge in [-0.2, -0.15) is 0 Å². The van der Waals surface area contributed by atoms with Crippen molar-refractivity contribution in [2.24, 2.45) is 0 Å². The minimum Gasteiger partial charge on any atom is -0.332 e. The average Bonchev–Trinajstić information content (AvgIpc) is 1.84. The minimum absolute atomic E-state index is 0.504. The van der Waals surface area contributed by atoms with Gasteiger partial charge in [-0.15, -0.1) is 0 Å². The largest absolute Gasteiger partial charge is 0.332 e. The molecule has 0 aliphatic carbocycles. The van der Waals surface area contributed by atoms with Crippen molar-refractivity contribution in [3.8, 4) is 0 Å². The van der Waals surface area contributed by atoms with Crippen LogP contribution in [-0.2, 0) is 9.09 Å². The van der Waals surface area contributed by atoms with Gasteiger partial charge in [0.05, 0.1) is 0 Å². The van der Waals surface area contributed by atoms with Crippen molar-refractivity contribution in [2.45, 2.75) is 25.6 Å². The van der Waals surface area contributed by atoms with E-state index in [0.29, 0.717) is 18.6 Å². The summed E-state index contributed by atoms with van der Waals surface area (Å²) in [5.41, 5.74) is 0. The van der Waals surface area contributed by atoms with Crippen molar-refractivity contribution in [3.05, 3.63) is 0 Å². The molecule has 5 heteroatoms. The molecule has 0 aromatic carbocycles. The van der Waals surface area contributed by atoms with E-state index in [0.717, 1.165) is 0 Å². The first-order valence-electron chi connectivity index (χ1n) is 4.08. The summed E-state index contributed by atoms with van der Waals surface area (Å²) in [7, 11) is -3.41. The number of rotatable bonds is 5. The molecule has 0 aliphatic heterocycles. The minimum atomic E-state index is -2.45. The topological polar surface area (TPSA) is 26.3 Å². The van der Waals surface area contributed by atoms with Gasteiger partial charge in [0.2, 0.25) is 8.41 Å². The van der Waals surface area contributed by atoms with Crippen molar-refractivity contribution in [2.75, 3.05) is 19.9 Å². The summed E-state index contributed by atoms with van der Waals surface area (Å²) in [6.45, 7) is 4.93. The maximum absolute atomic E-state index is 13.1. The smallest absolute Gasteiger partial charge is 0.240 e. The van der Waals surface area contributed by atoms with Gasteiger partial charge >= 0.3 is 0 Å². The van der Waals surface area contributed by atoms with E-state index >= 15 is 0 Å². The molecule has 0 saturated carbocycles. The third-order valence-corrected chi connectivity index (χ3v) is 5.17. The Hall–Kier alpha value is 0.337. The van der Waals surface area contributed by atoms with Crippen LogP contribution in [0, 0.1) is 0 Å². The van der Waals surface area contributed by atoms with Crippen molar-refractivity contribution in [1.82, 2.24) is 0 Å². The Kier molecular flexibility index (Phi) is 4.67. The van der Waals surface area contributed by atoms with Gasteiger partial charge in [-0.3, -0.25) is 4.57 Å². The molecular weight excluding hydrogens is 194 g/mol. The summed E-state index contributed by atoms with van der Waals surface area (Å²) in [5, 5.41) is 0. The lowest BCUT2D eigenvalue weighted by Gasteiger charge is -2.13. The summed E-state index contributed by atoms with van der Waals surface area (Å²) >= 11 is 0. The second kappa shape index (κ2) is 4.54. The molecule has 0 fully saturated rings. The third-order valence-electron chi connectivity index (χ3n) is 1.72. The van der Waals surface area contributed by atoms with Crippen LogP contribution >= 0.6 is 7.37 Å². The fourth-order valence-corrected chi connectivity index (χ4v) is 3.11. The Balaban J connectivity index is 3.65. The summed E-state index contributed by atoms with van der Waals surface area (Å²) in [4.78, 5) is 0. The Morgan fingerprint density at radius 1 is 1.50 bits per heavy atom. The first-order chi connectivity index (χ1) is 5.27. The first kappa shape index (κ1) is 12.3. The molecule has 12 heavy (non-hydrogen) atoms. The highest BCUT2D eigenvalue weighted by atomic mass is 31.2. The predicted molar refractivity (Wildman–Crippen MR) is 53.4 cm³/mol. The van der Waals surface area contributed by atoms with Crippen molar-refractivity contribution < 1.29 is 13.2 Å². The fourth-order valence-electron chi connectivity index (χ4n) is 0.878. The summed E-state index contributed by atoms with van der Waals surface area (Å²) in [6.07, 6.45) is 1.18. The zero-order valence-corrected chi connectivity index (χ0v) is 10.2. The van der Waals surface area contributed by atoms with Crippen LogP contribution in [0.4, 0.5) is 4.11 Å². The Bertz CT molecular complexity index is 179. The molecule has 0 rings (SSSR count). The summed E-state index contributed by atoms with van der Waals surface area (Å²) in [6, 6.07) is 0.578. The van der Waals surface area contributed by atoms with Crippen LogP contribution in [0.2, 0.25) is 19.1 Å². The molecule has 2 nitrogen and oxygen atoms in total. The van der Waals surface area contributed by atoms with E-state index in [-0.39, 0.29) is 0 Å². The molecule has 0 heterocycles. The van der Waals surface area contributed by atoms with Gasteiger partial charge < -0.3 is 8.63 Å². The lowest BCUT2D eigenvalue weighted by Crippen LogP contribution is -2.17. The predicted octanol–water partition coefficient (Wildman–Crippen LogP) is 3.11. The average molecular weight is 212 g/mol. The molecule has 0 N–H and O–H groups in total. The van der Waals surface area contributed by atoms with Crippen LogP contribution < -0.4 is 0 Å². The van der Waals surface area contributed by atoms with E-state index in [1.807, 2.05) is 0 Å². The molecule has 0 aromatic rings. The summed E-state index contributed by atoms with van der Waals surface area (Å²) < 4.78 is 29.2. The first-order valence-corrected chi connectivity index (χ1v) is 9.42. The molecule has 1 unspecified atom stereocenters. The SMILES string of the molecule is COP(C)(=O)CCC[Si](C)(C)F. The van der Waals surface area contributed by atoms with Crippen LogP contribution in [0.1, 0.15) is 6.42 Å². The molecule has 1 atom stereocenters. The van der Waals surface area contributed by atoms with Gasteiger partial charge in [0.25, 0.3) is 0 Å². The monoisotopic (exact) mass is 212 g/mol. The second-order valence-electron chi connectivity index (χ2n) is 3.74. The molecule has 0 radical (unpaired) electrons. The highest BCUT2D eigenvalue weighted by molar-refractivity contribution is 7.58. The maximum Gasteiger partial charge on any atom is 0.240 e. The Morgan fingerprint density at radius 2 is 2.00 bits per heavy atom. The van der Waals surface area contributed by atoms with Crippen molar-refractivity contribution >= 4 is 15.8 Å². The van der Waals surface area contributed by atoms with E-state index in [2.05, 4.69) is 0 Å². The Morgan fingerprint density at radius 3 is 2.33 bits per heavy atom. The zero-order valence-electron chi connectivity index (χ0n) is 8.26. The van der Waals surface area contributed by atoms with Crippen molar-refractivity contribution in [3.63, 3.8) is 0 Å². The zero-order chi connectivity index (χ0) is 9.83. The lowest BCUT2D eigenvalue weighted by atomic mass is 10.6. The van der Waals surface area contributed by atoms with E-state index < -0.39 is 15.8 Å². The molecule has 74 valence electrons. The molecule has 0 aromatic heterocycles. The van der Waals surface area contributed by atoms with E-state index in [4.69, 9.17) is 4.52 Å². The van der Waals surface area contributed by atoms with Crippen LogP contribution in [0.3, 0.4) is 0 Å². The molecule has 0 saturated heterocycles. The van der Waals surface area contributed by atoms with Crippen LogP contribution in [0.15, 0.2) is 0 Å². The molecular formula is C7H18FO2PSi. The number of hydrogen-bond donors (Lipinski definition) is 0. The van der Waals surface area contributed by atoms with Gasteiger partial charge in [-0.05, 0) is 25.6 Å². The highest BCUT2D eigenvalue weighted by Gasteiger charge is 2.22.